The molecule has 0 amide bonds. The molecule has 0 spiro atoms. The van der Waals surface area contributed by atoms with Crippen molar-refractivity contribution < 1.29 is 0 Å². The predicted molar refractivity (Wildman–Crippen MR) is 90.6 cm³/mol. The summed E-state index contributed by atoms with van der Waals surface area (Å²) in [7, 11) is 0. The normalized spacial score (nSPS) is 13.1. The molecular formula is C16H31N3S. The van der Waals surface area contributed by atoms with Crippen molar-refractivity contribution in [2.24, 2.45) is 0 Å². The monoisotopic (exact) mass is 297 g/mol. The summed E-state index contributed by atoms with van der Waals surface area (Å²) in [5.74, 6) is 2.43. The van der Waals surface area contributed by atoms with Gasteiger partial charge in [-0.15, -0.1) is 0 Å². The van der Waals surface area contributed by atoms with Gasteiger partial charge in [0.25, 0.3) is 0 Å². The van der Waals surface area contributed by atoms with Crippen LogP contribution in [0.3, 0.4) is 0 Å². The van der Waals surface area contributed by atoms with Gasteiger partial charge in [-0.3, -0.25) is 4.68 Å². The van der Waals surface area contributed by atoms with Gasteiger partial charge in [-0.2, -0.15) is 16.9 Å². The van der Waals surface area contributed by atoms with Crippen molar-refractivity contribution >= 4 is 11.8 Å². The van der Waals surface area contributed by atoms with Crippen LogP contribution in [-0.2, 0) is 6.42 Å². The number of likely N-dealkylation sites (N-methyl/N-ethyl adjacent to an activating group) is 1. The van der Waals surface area contributed by atoms with Crippen LogP contribution in [0.15, 0.2) is 12.3 Å². The zero-order valence-corrected chi connectivity index (χ0v) is 14.4. The Kier molecular flexibility index (Phi) is 9.03. The van der Waals surface area contributed by atoms with Crippen molar-refractivity contribution in [3.05, 3.63) is 18.0 Å². The van der Waals surface area contributed by atoms with Crippen LogP contribution < -0.4 is 5.32 Å². The van der Waals surface area contributed by atoms with Crippen molar-refractivity contribution in [2.75, 3.05) is 18.1 Å². The molecule has 1 rings (SSSR count). The molecular weight excluding hydrogens is 266 g/mol. The van der Waals surface area contributed by atoms with Gasteiger partial charge in [0.05, 0.1) is 11.7 Å². The number of hydrogen-bond acceptors (Lipinski definition) is 3. The zero-order valence-electron chi connectivity index (χ0n) is 13.6. The van der Waals surface area contributed by atoms with Crippen molar-refractivity contribution in [3.63, 3.8) is 0 Å². The van der Waals surface area contributed by atoms with Crippen LogP contribution in [0.4, 0.5) is 0 Å². The third kappa shape index (κ3) is 5.88. The highest BCUT2D eigenvalue weighted by atomic mass is 32.2. The number of hydrogen-bond donors (Lipinski definition) is 1. The van der Waals surface area contributed by atoms with E-state index in [0.717, 1.165) is 25.8 Å². The molecule has 3 nitrogen and oxygen atoms in total. The Hall–Kier alpha value is -0.480. The highest BCUT2D eigenvalue weighted by Gasteiger charge is 2.12. The Balaban J connectivity index is 2.54. The molecule has 0 fully saturated rings. The van der Waals surface area contributed by atoms with Gasteiger partial charge in [-0.25, -0.2) is 0 Å². The minimum atomic E-state index is 0.543. The maximum Gasteiger partial charge on any atom is 0.0640 e. The molecule has 0 radical (unpaired) electrons. The Morgan fingerprint density at radius 3 is 2.60 bits per heavy atom. The fourth-order valence-electron chi connectivity index (χ4n) is 2.45. The summed E-state index contributed by atoms with van der Waals surface area (Å²) in [5, 5.41) is 8.36. The van der Waals surface area contributed by atoms with Crippen molar-refractivity contribution in [1.29, 1.82) is 0 Å². The molecule has 0 aromatic carbocycles. The van der Waals surface area contributed by atoms with E-state index in [1.807, 2.05) is 11.8 Å². The Morgan fingerprint density at radius 1 is 1.25 bits per heavy atom. The fraction of sp³-hybridized carbons (Fsp3) is 0.812. The van der Waals surface area contributed by atoms with E-state index in [1.165, 1.54) is 23.6 Å². The number of nitrogens with zero attached hydrogens (tertiary/aromatic N) is 2. The maximum atomic E-state index is 4.77. The molecule has 1 aromatic rings. The molecule has 1 heterocycles. The highest BCUT2D eigenvalue weighted by Crippen LogP contribution is 2.15. The van der Waals surface area contributed by atoms with Crippen LogP contribution in [0.25, 0.3) is 0 Å². The molecule has 0 saturated heterocycles. The molecule has 0 aliphatic carbocycles. The van der Waals surface area contributed by atoms with Crippen molar-refractivity contribution in [3.8, 4) is 0 Å². The Bertz CT molecular complexity index is 347. The molecule has 1 atom stereocenters. The predicted octanol–water partition coefficient (Wildman–Crippen LogP) is 3.91. The second-order valence-corrected chi connectivity index (χ2v) is 6.44. The van der Waals surface area contributed by atoms with E-state index >= 15 is 0 Å². The molecule has 0 aliphatic heterocycles. The minimum Gasteiger partial charge on any atom is -0.313 e. The standard InChI is InChI=1S/C16H31N3S/c1-5-11-20-13-15(17-8-4)12-14-9-10-19(18-14)16(6-2)7-3/h9-10,15-17H,5-8,11-13H2,1-4H3. The molecule has 0 aliphatic rings. The summed E-state index contributed by atoms with van der Waals surface area (Å²) in [6.45, 7) is 9.92. The first-order valence-electron chi connectivity index (χ1n) is 8.10. The maximum absolute atomic E-state index is 4.77. The average Bonchev–Trinajstić information content (AvgIpc) is 2.89. The van der Waals surface area contributed by atoms with Gasteiger partial charge in [0, 0.05) is 24.4 Å². The largest absolute Gasteiger partial charge is 0.313 e. The lowest BCUT2D eigenvalue weighted by molar-refractivity contribution is 0.423. The highest BCUT2D eigenvalue weighted by molar-refractivity contribution is 7.99. The first-order chi connectivity index (χ1) is 9.74. The molecule has 1 aromatic heterocycles. The lowest BCUT2D eigenvalue weighted by atomic mass is 10.2. The number of nitrogens with one attached hydrogen (secondary N) is 1. The third-order valence-electron chi connectivity index (χ3n) is 3.60. The Labute approximate surface area is 128 Å². The molecule has 20 heavy (non-hydrogen) atoms. The van der Waals surface area contributed by atoms with Crippen molar-refractivity contribution in [1.82, 2.24) is 15.1 Å². The summed E-state index contributed by atoms with van der Waals surface area (Å²) < 4.78 is 2.15. The molecule has 1 N–H and O–H groups in total. The van der Waals surface area contributed by atoms with Gasteiger partial charge in [-0.1, -0.05) is 27.7 Å². The lowest BCUT2D eigenvalue weighted by Crippen LogP contribution is -2.33. The summed E-state index contributed by atoms with van der Waals surface area (Å²) in [6.07, 6.45) is 6.75. The SMILES string of the molecule is CCCSCC(Cc1ccn(C(CC)CC)n1)NCC. The van der Waals surface area contributed by atoms with Crippen molar-refractivity contribution in [2.45, 2.75) is 65.5 Å². The first-order valence-corrected chi connectivity index (χ1v) is 9.25. The minimum absolute atomic E-state index is 0.543. The van der Waals surface area contributed by atoms with Gasteiger partial charge in [-0.05, 0) is 37.6 Å². The molecule has 0 bridgehead atoms. The Morgan fingerprint density at radius 2 is 2.00 bits per heavy atom. The summed E-state index contributed by atoms with van der Waals surface area (Å²) in [5.41, 5.74) is 1.22. The van der Waals surface area contributed by atoms with Crippen LogP contribution >= 0.6 is 11.8 Å². The van der Waals surface area contributed by atoms with Gasteiger partial charge in [0.15, 0.2) is 0 Å². The summed E-state index contributed by atoms with van der Waals surface area (Å²) in [6, 6.07) is 3.28. The number of rotatable bonds is 11. The van der Waals surface area contributed by atoms with E-state index in [9.17, 15) is 0 Å². The number of aromatic nitrogens is 2. The van der Waals surface area contributed by atoms with E-state index < -0.39 is 0 Å². The van der Waals surface area contributed by atoms with Gasteiger partial charge in [0.2, 0.25) is 0 Å². The second-order valence-electron chi connectivity index (χ2n) is 5.29. The molecule has 116 valence electrons. The second kappa shape index (κ2) is 10.3. The number of thioether (sulfide) groups is 1. The smallest absolute Gasteiger partial charge is 0.0640 e. The first kappa shape index (κ1) is 17.6. The molecule has 1 unspecified atom stereocenters. The topological polar surface area (TPSA) is 29.9 Å². The quantitative estimate of drug-likeness (QED) is 0.628. The van der Waals surface area contributed by atoms with E-state index in [-0.39, 0.29) is 0 Å². The van der Waals surface area contributed by atoms with E-state index in [0.29, 0.717) is 12.1 Å². The fourth-order valence-corrected chi connectivity index (χ4v) is 3.43. The van der Waals surface area contributed by atoms with E-state index in [2.05, 4.69) is 50.0 Å². The molecule has 0 saturated carbocycles. The lowest BCUT2D eigenvalue weighted by Gasteiger charge is -2.16. The van der Waals surface area contributed by atoms with Crippen LogP contribution in [0.1, 0.15) is 58.7 Å². The van der Waals surface area contributed by atoms with Gasteiger partial charge >= 0.3 is 0 Å². The van der Waals surface area contributed by atoms with Crippen LogP contribution in [0.5, 0.6) is 0 Å². The zero-order chi connectivity index (χ0) is 14.8. The van der Waals surface area contributed by atoms with Gasteiger partial charge in [0.1, 0.15) is 0 Å². The van der Waals surface area contributed by atoms with E-state index in [1.54, 1.807) is 0 Å². The van der Waals surface area contributed by atoms with Crippen LogP contribution in [-0.4, -0.2) is 33.9 Å². The molecule has 4 heteroatoms. The summed E-state index contributed by atoms with van der Waals surface area (Å²) >= 11 is 2.05. The third-order valence-corrected chi connectivity index (χ3v) is 4.93. The average molecular weight is 298 g/mol. The van der Waals surface area contributed by atoms with Crippen LogP contribution in [0, 0.1) is 0 Å². The van der Waals surface area contributed by atoms with E-state index in [4.69, 9.17) is 5.10 Å². The van der Waals surface area contributed by atoms with Gasteiger partial charge < -0.3 is 5.32 Å². The summed E-state index contributed by atoms with van der Waals surface area (Å²) in [4.78, 5) is 0. The van der Waals surface area contributed by atoms with Crippen LogP contribution in [0.2, 0.25) is 0 Å².